The van der Waals surface area contributed by atoms with Gasteiger partial charge >= 0.3 is 0 Å². The average Bonchev–Trinajstić information content (AvgIpc) is 2.75. The number of benzene rings is 2. The molecule has 0 saturated carbocycles. The molecule has 1 N–H and O–H groups in total. The number of carbonyl (C=O) groups excluding carboxylic acids is 2. The minimum absolute atomic E-state index is 0.00388. The van der Waals surface area contributed by atoms with Crippen molar-refractivity contribution in [1.82, 2.24) is 4.90 Å². The van der Waals surface area contributed by atoms with Crippen molar-refractivity contribution >= 4 is 17.5 Å². The molecule has 1 heterocycles. The van der Waals surface area contributed by atoms with Crippen LogP contribution in [-0.4, -0.2) is 23.8 Å². The van der Waals surface area contributed by atoms with Crippen molar-refractivity contribution in [2.24, 2.45) is 0 Å². The van der Waals surface area contributed by atoms with Crippen LogP contribution in [0.15, 0.2) is 48.5 Å². The molecule has 2 amide bonds. The van der Waals surface area contributed by atoms with E-state index < -0.39 is 0 Å². The minimum Gasteiger partial charge on any atom is -0.337 e. The molecule has 1 aliphatic heterocycles. The maximum atomic E-state index is 12.1. The first kappa shape index (κ1) is 12.4. The van der Waals surface area contributed by atoms with E-state index in [1.807, 2.05) is 30.3 Å². The quantitative estimate of drug-likeness (QED) is 0.908. The Morgan fingerprint density at radius 2 is 1.90 bits per heavy atom. The fourth-order valence-corrected chi connectivity index (χ4v) is 2.32. The molecular weight excluding hydrogens is 252 g/mol. The van der Waals surface area contributed by atoms with E-state index in [-0.39, 0.29) is 11.8 Å². The van der Waals surface area contributed by atoms with Gasteiger partial charge in [-0.1, -0.05) is 24.3 Å². The Kier molecular flexibility index (Phi) is 2.99. The molecule has 0 saturated heterocycles. The van der Waals surface area contributed by atoms with Gasteiger partial charge in [-0.05, 0) is 29.8 Å². The SMILES string of the molecule is CN1Cc2ccc(NC(=O)c3ccccc3)cc2C1=O. The number of rotatable bonds is 2. The van der Waals surface area contributed by atoms with Gasteiger partial charge in [0.05, 0.1) is 0 Å². The average molecular weight is 266 g/mol. The molecule has 0 bridgehead atoms. The van der Waals surface area contributed by atoms with Crippen LogP contribution in [0.25, 0.3) is 0 Å². The summed E-state index contributed by atoms with van der Waals surface area (Å²) in [5.74, 6) is -0.180. The van der Waals surface area contributed by atoms with E-state index in [0.29, 0.717) is 23.4 Å². The lowest BCUT2D eigenvalue weighted by Gasteiger charge is -2.06. The molecule has 0 fully saturated rings. The second-order valence-electron chi connectivity index (χ2n) is 4.85. The van der Waals surface area contributed by atoms with Gasteiger partial charge < -0.3 is 10.2 Å². The smallest absolute Gasteiger partial charge is 0.255 e. The van der Waals surface area contributed by atoms with Gasteiger partial charge in [-0.25, -0.2) is 0 Å². The molecular formula is C16H14N2O2. The largest absolute Gasteiger partial charge is 0.337 e. The van der Waals surface area contributed by atoms with Gasteiger partial charge in [-0.15, -0.1) is 0 Å². The normalized spacial score (nSPS) is 13.2. The molecule has 4 heteroatoms. The van der Waals surface area contributed by atoms with Crippen LogP contribution in [0.4, 0.5) is 5.69 Å². The second kappa shape index (κ2) is 4.81. The Morgan fingerprint density at radius 3 is 2.65 bits per heavy atom. The van der Waals surface area contributed by atoms with Gasteiger partial charge in [0.2, 0.25) is 0 Å². The summed E-state index contributed by atoms with van der Waals surface area (Å²) in [4.78, 5) is 25.6. The maximum Gasteiger partial charge on any atom is 0.255 e. The fourth-order valence-electron chi connectivity index (χ4n) is 2.32. The lowest BCUT2D eigenvalue weighted by molar-refractivity contribution is 0.0816. The zero-order valence-corrected chi connectivity index (χ0v) is 11.1. The first-order valence-electron chi connectivity index (χ1n) is 6.40. The van der Waals surface area contributed by atoms with Crippen LogP contribution in [0.5, 0.6) is 0 Å². The highest BCUT2D eigenvalue weighted by Crippen LogP contribution is 2.24. The van der Waals surface area contributed by atoms with Crippen molar-refractivity contribution < 1.29 is 9.59 Å². The van der Waals surface area contributed by atoms with E-state index in [1.165, 1.54) is 0 Å². The summed E-state index contributed by atoms with van der Waals surface area (Å²) in [5, 5.41) is 2.81. The van der Waals surface area contributed by atoms with Crippen molar-refractivity contribution in [3.63, 3.8) is 0 Å². The molecule has 0 spiro atoms. The van der Waals surface area contributed by atoms with E-state index in [9.17, 15) is 9.59 Å². The molecule has 4 nitrogen and oxygen atoms in total. The van der Waals surface area contributed by atoms with E-state index in [4.69, 9.17) is 0 Å². The van der Waals surface area contributed by atoms with Crippen molar-refractivity contribution in [3.8, 4) is 0 Å². The number of hydrogen-bond acceptors (Lipinski definition) is 2. The Morgan fingerprint density at radius 1 is 1.15 bits per heavy atom. The van der Waals surface area contributed by atoms with Gasteiger partial charge in [-0.2, -0.15) is 0 Å². The molecule has 20 heavy (non-hydrogen) atoms. The zero-order chi connectivity index (χ0) is 14.1. The lowest BCUT2D eigenvalue weighted by atomic mass is 10.1. The molecule has 0 atom stereocenters. The van der Waals surface area contributed by atoms with Gasteiger partial charge in [0.1, 0.15) is 0 Å². The van der Waals surface area contributed by atoms with Crippen molar-refractivity contribution in [2.75, 3.05) is 12.4 Å². The Hall–Kier alpha value is -2.62. The van der Waals surface area contributed by atoms with Crippen LogP contribution in [0.2, 0.25) is 0 Å². The van der Waals surface area contributed by atoms with Crippen molar-refractivity contribution in [1.29, 1.82) is 0 Å². The zero-order valence-electron chi connectivity index (χ0n) is 11.1. The van der Waals surface area contributed by atoms with Gasteiger partial charge in [0, 0.05) is 30.4 Å². The summed E-state index contributed by atoms with van der Waals surface area (Å²) < 4.78 is 0. The highest BCUT2D eigenvalue weighted by atomic mass is 16.2. The predicted molar refractivity (Wildman–Crippen MR) is 76.6 cm³/mol. The van der Waals surface area contributed by atoms with E-state index in [2.05, 4.69) is 5.32 Å². The lowest BCUT2D eigenvalue weighted by Crippen LogP contribution is -2.17. The first-order valence-corrected chi connectivity index (χ1v) is 6.40. The molecule has 0 aliphatic carbocycles. The van der Waals surface area contributed by atoms with Crippen LogP contribution < -0.4 is 5.32 Å². The topological polar surface area (TPSA) is 49.4 Å². The number of anilines is 1. The van der Waals surface area contributed by atoms with E-state index >= 15 is 0 Å². The molecule has 2 aromatic rings. The standard InChI is InChI=1S/C16H14N2O2/c1-18-10-12-7-8-13(9-14(12)16(18)20)17-15(19)11-5-3-2-4-6-11/h2-9H,10H2,1H3,(H,17,19). The number of carbonyl (C=O) groups is 2. The third-order valence-corrected chi connectivity index (χ3v) is 3.39. The van der Waals surface area contributed by atoms with Crippen LogP contribution in [0.1, 0.15) is 26.3 Å². The number of amides is 2. The number of fused-ring (bicyclic) bond motifs is 1. The summed E-state index contributed by atoms with van der Waals surface area (Å²) in [5.41, 5.74) is 2.89. The minimum atomic E-state index is -0.177. The van der Waals surface area contributed by atoms with Crippen molar-refractivity contribution in [2.45, 2.75) is 6.54 Å². The summed E-state index contributed by atoms with van der Waals surface area (Å²) >= 11 is 0. The molecule has 100 valence electrons. The summed E-state index contributed by atoms with van der Waals surface area (Å²) in [6.07, 6.45) is 0. The summed E-state index contributed by atoms with van der Waals surface area (Å²) in [7, 11) is 1.77. The second-order valence-corrected chi connectivity index (χ2v) is 4.85. The predicted octanol–water partition coefficient (Wildman–Crippen LogP) is 2.52. The summed E-state index contributed by atoms with van der Waals surface area (Å²) in [6, 6.07) is 14.4. The highest BCUT2D eigenvalue weighted by molar-refractivity contribution is 6.05. The maximum absolute atomic E-state index is 12.1. The Balaban J connectivity index is 1.83. The number of nitrogens with zero attached hydrogens (tertiary/aromatic N) is 1. The van der Waals surface area contributed by atoms with Crippen LogP contribution in [-0.2, 0) is 6.54 Å². The third kappa shape index (κ3) is 2.16. The molecule has 0 aromatic heterocycles. The van der Waals surface area contributed by atoms with Crippen LogP contribution in [0.3, 0.4) is 0 Å². The number of hydrogen-bond donors (Lipinski definition) is 1. The molecule has 3 rings (SSSR count). The monoisotopic (exact) mass is 266 g/mol. The fraction of sp³-hybridized carbons (Fsp3) is 0.125. The van der Waals surface area contributed by atoms with E-state index in [0.717, 1.165) is 5.56 Å². The Labute approximate surface area is 117 Å². The van der Waals surface area contributed by atoms with Gasteiger partial charge in [0.15, 0.2) is 0 Å². The van der Waals surface area contributed by atoms with Crippen molar-refractivity contribution in [3.05, 3.63) is 65.2 Å². The molecule has 1 aliphatic rings. The highest BCUT2D eigenvalue weighted by Gasteiger charge is 2.24. The van der Waals surface area contributed by atoms with Crippen LogP contribution >= 0.6 is 0 Å². The Bertz CT molecular complexity index is 680. The van der Waals surface area contributed by atoms with Gasteiger partial charge in [0.25, 0.3) is 11.8 Å². The van der Waals surface area contributed by atoms with E-state index in [1.54, 1.807) is 30.1 Å². The third-order valence-electron chi connectivity index (χ3n) is 3.39. The van der Waals surface area contributed by atoms with Crippen LogP contribution in [0, 0.1) is 0 Å². The molecule has 0 radical (unpaired) electrons. The molecule has 0 unspecified atom stereocenters. The first-order chi connectivity index (χ1) is 9.65. The number of nitrogens with one attached hydrogen (secondary N) is 1. The summed E-state index contributed by atoms with van der Waals surface area (Å²) in [6.45, 7) is 0.626. The molecule has 2 aromatic carbocycles. The van der Waals surface area contributed by atoms with Gasteiger partial charge in [-0.3, -0.25) is 9.59 Å².